The molecule has 1 atom stereocenters. The highest BCUT2D eigenvalue weighted by Crippen LogP contribution is 2.40. The van der Waals surface area contributed by atoms with E-state index < -0.39 is 12.1 Å². The quantitative estimate of drug-likeness (QED) is 0.192. The predicted molar refractivity (Wildman–Crippen MR) is 141 cm³/mol. The van der Waals surface area contributed by atoms with Crippen molar-refractivity contribution in [2.45, 2.75) is 12.5 Å². The second-order valence-electron chi connectivity index (χ2n) is 7.87. The molecule has 170 valence electrons. The molecule has 0 aliphatic rings. The van der Waals surface area contributed by atoms with Gasteiger partial charge in [0.15, 0.2) is 6.10 Å². The van der Waals surface area contributed by atoms with Gasteiger partial charge < -0.3 is 13.9 Å². The monoisotopic (exact) mass is 578 g/mol. The number of para-hydroxylation sites is 1. The van der Waals surface area contributed by atoms with Crippen LogP contribution in [-0.2, 0) is 16.0 Å². The molecular weight excluding hydrogens is 560 g/mol. The summed E-state index contributed by atoms with van der Waals surface area (Å²) in [5.74, 6) is 0.950. The molecule has 1 aromatic heterocycles. The Bertz CT molecular complexity index is 1490. The first-order valence-electron chi connectivity index (χ1n) is 10.7. The molecule has 0 aliphatic carbocycles. The second-order valence-corrected chi connectivity index (χ2v) is 9.46. The molecule has 34 heavy (non-hydrogen) atoms. The maximum Gasteiger partial charge on any atom is 0.347 e. The van der Waals surface area contributed by atoms with Crippen LogP contribution in [-0.4, -0.2) is 19.2 Å². The van der Waals surface area contributed by atoms with Crippen molar-refractivity contribution in [1.82, 2.24) is 0 Å². The van der Waals surface area contributed by atoms with E-state index in [1.165, 1.54) is 7.11 Å². The van der Waals surface area contributed by atoms with Crippen LogP contribution in [0, 0.1) is 0 Å². The molecule has 0 aliphatic heterocycles. The molecular formula is C28H20Br2O4. The molecule has 0 fully saturated rings. The van der Waals surface area contributed by atoms with E-state index in [4.69, 9.17) is 13.9 Å². The van der Waals surface area contributed by atoms with Gasteiger partial charge in [0.2, 0.25) is 0 Å². The number of hydrogen-bond donors (Lipinski definition) is 0. The van der Waals surface area contributed by atoms with Gasteiger partial charge in [-0.05, 0) is 72.5 Å². The smallest absolute Gasteiger partial charge is 0.347 e. The Hall–Kier alpha value is -3.09. The summed E-state index contributed by atoms with van der Waals surface area (Å²) in [5.41, 5.74) is 2.80. The molecule has 1 unspecified atom stereocenters. The lowest BCUT2D eigenvalue weighted by atomic mass is 10.0. The van der Waals surface area contributed by atoms with E-state index in [1.54, 1.807) is 0 Å². The molecule has 5 aromatic rings. The third kappa shape index (κ3) is 4.36. The first kappa shape index (κ1) is 22.7. The van der Waals surface area contributed by atoms with Crippen LogP contribution in [0.3, 0.4) is 0 Å². The van der Waals surface area contributed by atoms with Gasteiger partial charge in [-0.2, -0.15) is 0 Å². The molecule has 0 saturated heterocycles. The lowest BCUT2D eigenvalue weighted by molar-refractivity contribution is -0.148. The summed E-state index contributed by atoms with van der Waals surface area (Å²) in [5, 5.41) is 3.02. The molecule has 4 nitrogen and oxygen atoms in total. The Kier molecular flexibility index (Phi) is 6.44. The minimum absolute atomic E-state index is 0.414. The largest absolute Gasteiger partial charge is 0.477 e. The summed E-state index contributed by atoms with van der Waals surface area (Å²) in [6, 6.07) is 27.6. The highest BCUT2D eigenvalue weighted by atomic mass is 79.9. The Morgan fingerprint density at radius 1 is 0.882 bits per heavy atom. The first-order valence-corrected chi connectivity index (χ1v) is 12.3. The van der Waals surface area contributed by atoms with E-state index in [0.717, 1.165) is 47.6 Å². The van der Waals surface area contributed by atoms with Gasteiger partial charge in [-0.3, -0.25) is 0 Å². The SMILES string of the molecule is COC(=O)C(Cc1ccccc1)Oc1ccc2cc(-c3oc4ccccc4c3Br)ccc2c1Br. The van der Waals surface area contributed by atoms with Crippen molar-refractivity contribution >= 4 is 59.6 Å². The Balaban J connectivity index is 1.48. The zero-order chi connectivity index (χ0) is 23.7. The average Bonchev–Trinajstić information content (AvgIpc) is 3.21. The number of esters is 1. The van der Waals surface area contributed by atoms with E-state index in [0.29, 0.717) is 12.2 Å². The van der Waals surface area contributed by atoms with Crippen molar-refractivity contribution < 1.29 is 18.7 Å². The summed E-state index contributed by atoms with van der Waals surface area (Å²) < 4.78 is 18.9. The van der Waals surface area contributed by atoms with Gasteiger partial charge in [-0.25, -0.2) is 4.79 Å². The lowest BCUT2D eigenvalue weighted by Gasteiger charge is -2.19. The first-order chi connectivity index (χ1) is 16.5. The minimum atomic E-state index is -0.757. The highest BCUT2D eigenvalue weighted by Gasteiger charge is 2.23. The van der Waals surface area contributed by atoms with Gasteiger partial charge in [0.25, 0.3) is 0 Å². The maximum atomic E-state index is 12.4. The summed E-state index contributed by atoms with van der Waals surface area (Å²) in [6.45, 7) is 0. The molecule has 0 N–H and O–H groups in total. The standard InChI is InChI=1S/C28H20Br2O4/c1-32-28(31)24(15-17-7-3-2-4-8-17)33-23-14-12-18-16-19(11-13-20(18)25(23)29)27-26(30)21-9-5-6-10-22(21)34-27/h2-14,16,24H,15H2,1H3. The fourth-order valence-corrected chi connectivity index (χ4v) is 5.21. The topological polar surface area (TPSA) is 48.7 Å². The number of carbonyl (C=O) groups is 1. The molecule has 1 heterocycles. The Labute approximate surface area is 213 Å². The summed E-state index contributed by atoms with van der Waals surface area (Å²) in [7, 11) is 1.37. The van der Waals surface area contributed by atoms with Crippen LogP contribution in [0.1, 0.15) is 5.56 Å². The van der Waals surface area contributed by atoms with Crippen LogP contribution < -0.4 is 4.74 Å². The number of fused-ring (bicyclic) bond motifs is 2. The zero-order valence-corrected chi connectivity index (χ0v) is 21.4. The van der Waals surface area contributed by atoms with Gasteiger partial charge in [0, 0.05) is 17.4 Å². The molecule has 0 spiro atoms. The van der Waals surface area contributed by atoms with Gasteiger partial charge in [-0.15, -0.1) is 0 Å². The number of furan rings is 1. The van der Waals surface area contributed by atoms with E-state index in [2.05, 4.69) is 37.9 Å². The number of methoxy groups -OCH3 is 1. The van der Waals surface area contributed by atoms with Crippen molar-refractivity contribution in [2.24, 2.45) is 0 Å². The molecule has 0 amide bonds. The number of carbonyl (C=O) groups excluding carboxylic acids is 1. The number of ether oxygens (including phenoxy) is 2. The van der Waals surface area contributed by atoms with Crippen LogP contribution in [0.15, 0.2) is 98.3 Å². The van der Waals surface area contributed by atoms with Crippen molar-refractivity contribution in [3.8, 4) is 17.1 Å². The summed E-state index contributed by atoms with van der Waals surface area (Å²) in [4.78, 5) is 12.4. The molecule has 0 radical (unpaired) electrons. The highest BCUT2D eigenvalue weighted by molar-refractivity contribution is 9.11. The normalized spacial score (nSPS) is 12.1. The molecule has 6 heteroatoms. The number of halogens is 2. The van der Waals surface area contributed by atoms with Gasteiger partial charge in [-0.1, -0.05) is 60.7 Å². The molecule has 5 rings (SSSR count). The fourth-order valence-electron chi connectivity index (χ4n) is 3.99. The lowest BCUT2D eigenvalue weighted by Crippen LogP contribution is -2.31. The zero-order valence-electron chi connectivity index (χ0n) is 18.3. The van der Waals surface area contributed by atoms with Crippen molar-refractivity contribution in [3.05, 3.63) is 99.4 Å². The third-order valence-corrected chi connectivity index (χ3v) is 7.32. The van der Waals surface area contributed by atoms with Crippen LogP contribution in [0.5, 0.6) is 5.75 Å². The Morgan fingerprint density at radius 2 is 1.65 bits per heavy atom. The van der Waals surface area contributed by atoms with E-state index >= 15 is 0 Å². The van der Waals surface area contributed by atoms with Gasteiger partial charge in [0.05, 0.1) is 16.1 Å². The number of benzene rings is 4. The summed E-state index contributed by atoms with van der Waals surface area (Å²) in [6.07, 6.45) is -0.344. The van der Waals surface area contributed by atoms with Crippen LogP contribution in [0.4, 0.5) is 0 Å². The predicted octanol–water partition coefficient (Wildman–Crippen LogP) is 7.94. The average molecular weight is 580 g/mol. The van der Waals surface area contributed by atoms with Gasteiger partial charge in [0.1, 0.15) is 17.1 Å². The van der Waals surface area contributed by atoms with E-state index in [-0.39, 0.29) is 0 Å². The van der Waals surface area contributed by atoms with Gasteiger partial charge >= 0.3 is 5.97 Å². The minimum Gasteiger partial charge on any atom is -0.477 e. The van der Waals surface area contributed by atoms with Crippen molar-refractivity contribution in [1.29, 1.82) is 0 Å². The fraction of sp³-hybridized carbons (Fsp3) is 0.107. The summed E-state index contributed by atoms with van der Waals surface area (Å²) >= 11 is 7.37. The van der Waals surface area contributed by atoms with Crippen LogP contribution >= 0.6 is 31.9 Å². The van der Waals surface area contributed by atoms with Crippen molar-refractivity contribution in [2.75, 3.05) is 7.11 Å². The van der Waals surface area contributed by atoms with Crippen LogP contribution in [0.2, 0.25) is 0 Å². The molecule has 0 bridgehead atoms. The third-order valence-electron chi connectivity index (χ3n) is 5.71. The van der Waals surface area contributed by atoms with E-state index in [9.17, 15) is 4.79 Å². The maximum absolute atomic E-state index is 12.4. The van der Waals surface area contributed by atoms with Crippen LogP contribution in [0.25, 0.3) is 33.1 Å². The second kappa shape index (κ2) is 9.65. The molecule has 0 saturated carbocycles. The Morgan fingerprint density at radius 3 is 2.41 bits per heavy atom. The van der Waals surface area contributed by atoms with Crippen molar-refractivity contribution in [3.63, 3.8) is 0 Å². The number of hydrogen-bond acceptors (Lipinski definition) is 4. The molecule has 4 aromatic carbocycles. The van der Waals surface area contributed by atoms with E-state index in [1.807, 2.05) is 78.9 Å². The number of rotatable bonds is 6.